The lowest BCUT2D eigenvalue weighted by atomic mass is 10.2. The molecule has 2 aromatic rings. The Morgan fingerprint density at radius 1 is 1.23 bits per heavy atom. The first kappa shape index (κ1) is 14.3. The number of fused-ring (bicyclic) bond motifs is 1. The molecule has 0 aromatic heterocycles. The average molecular weight is 299 g/mol. The zero-order valence-electron chi connectivity index (χ0n) is 12.2. The van der Waals surface area contributed by atoms with Gasteiger partial charge in [0, 0.05) is 11.8 Å². The summed E-state index contributed by atoms with van der Waals surface area (Å²) < 4.78 is 16.5. The summed E-state index contributed by atoms with van der Waals surface area (Å²) in [5.41, 5.74) is 0.608. The Labute approximate surface area is 128 Å². The predicted octanol–water partition coefficient (Wildman–Crippen LogP) is 2.66. The van der Waals surface area contributed by atoms with Crippen molar-refractivity contribution in [3.63, 3.8) is 0 Å². The van der Waals surface area contributed by atoms with Crippen molar-refractivity contribution in [3.8, 4) is 23.0 Å². The van der Waals surface area contributed by atoms with E-state index in [-0.39, 0.29) is 11.9 Å². The summed E-state index contributed by atoms with van der Waals surface area (Å²) in [6.45, 7) is 0.906. The molecule has 1 aliphatic heterocycles. The Kier molecular flexibility index (Phi) is 4.14. The zero-order valence-corrected chi connectivity index (χ0v) is 12.2. The van der Waals surface area contributed by atoms with Crippen molar-refractivity contribution in [3.05, 3.63) is 48.0 Å². The highest BCUT2D eigenvalue weighted by molar-refractivity contribution is 5.84. The van der Waals surface area contributed by atoms with Gasteiger partial charge in [0.1, 0.15) is 6.61 Å². The van der Waals surface area contributed by atoms with Crippen molar-refractivity contribution in [2.75, 3.05) is 20.3 Å². The predicted molar refractivity (Wildman–Crippen MR) is 83.5 cm³/mol. The van der Waals surface area contributed by atoms with E-state index in [9.17, 15) is 5.11 Å². The van der Waals surface area contributed by atoms with Crippen LogP contribution in [0.1, 0.15) is 5.56 Å². The third kappa shape index (κ3) is 2.98. The van der Waals surface area contributed by atoms with Gasteiger partial charge in [-0.05, 0) is 24.3 Å². The van der Waals surface area contributed by atoms with Gasteiger partial charge in [-0.25, -0.2) is 0 Å². The zero-order chi connectivity index (χ0) is 15.4. The number of phenolic OH excluding ortho intramolecular Hbond substituents is 1. The molecule has 2 aromatic carbocycles. The monoisotopic (exact) mass is 299 g/mol. The Hall–Kier alpha value is -2.69. The van der Waals surface area contributed by atoms with E-state index in [1.54, 1.807) is 24.4 Å². The second-order valence-electron chi connectivity index (χ2n) is 4.89. The quantitative estimate of drug-likeness (QED) is 0.882. The van der Waals surface area contributed by atoms with Crippen LogP contribution in [-0.4, -0.2) is 37.7 Å². The number of aromatic hydroxyl groups is 1. The van der Waals surface area contributed by atoms with Crippen LogP contribution in [0.3, 0.4) is 0 Å². The highest BCUT2D eigenvalue weighted by atomic mass is 16.6. The standard InChI is InChI=1S/C17H17NO4/c1-20-16-8-4-5-12(17(16)19)9-18-10-13-11-21-14-6-2-3-7-15(14)22-13/h2-9,13,19H,10-11H2,1H3/t13-/m1/s1. The van der Waals surface area contributed by atoms with Gasteiger partial charge in [0.15, 0.2) is 29.1 Å². The van der Waals surface area contributed by atoms with Crippen LogP contribution in [0.4, 0.5) is 0 Å². The number of ether oxygens (including phenoxy) is 3. The summed E-state index contributed by atoms with van der Waals surface area (Å²) in [6.07, 6.45) is 1.47. The molecule has 22 heavy (non-hydrogen) atoms. The highest BCUT2D eigenvalue weighted by Crippen LogP contribution is 2.31. The van der Waals surface area contributed by atoms with Gasteiger partial charge < -0.3 is 19.3 Å². The molecule has 0 bridgehead atoms. The Balaban J connectivity index is 1.64. The normalized spacial score (nSPS) is 16.7. The molecular weight excluding hydrogens is 282 g/mol. The minimum absolute atomic E-state index is 0.0832. The smallest absolute Gasteiger partial charge is 0.166 e. The third-order valence-corrected chi connectivity index (χ3v) is 3.36. The first-order chi connectivity index (χ1) is 10.8. The largest absolute Gasteiger partial charge is 0.504 e. The van der Waals surface area contributed by atoms with Crippen LogP contribution in [0, 0.1) is 0 Å². The second-order valence-corrected chi connectivity index (χ2v) is 4.89. The highest BCUT2D eigenvalue weighted by Gasteiger charge is 2.19. The second kappa shape index (κ2) is 6.39. The molecule has 1 atom stereocenters. The van der Waals surface area contributed by atoms with Crippen LogP contribution in [0.15, 0.2) is 47.5 Å². The minimum atomic E-state index is -0.140. The minimum Gasteiger partial charge on any atom is -0.504 e. The lowest BCUT2D eigenvalue weighted by Gasteiger charge is -2.25. The molecule has 3 rings (SSSR count). The summed E-state index contributed by atoms with van der Waals surface area (Å²) in [6, 6.07) is 12.8. The molecule has 0 radical (unpaired) electrons. The molecule has 0 spiro atoms. The number of benzene rings is 2. The maximum atomic E-state index is 9.98. The van der Waals surface area contributed by atoms with Crippen LogP contribution in [0.2, 0.25) is 0 Å². The number of methoxy groups -OCH3 is 1. The molecule has 0 saturated carbocycles. The first-order valence-electron chi connectivity index (χ1n) is 7.02. The van der Waals surface area contributed by atoms with Crippen LogP contribution < -0.4 is 14.2 Å². The number of para-hydroxylation sites is 3. The number of nitrogens with zero attached hydrogens (tertiary/aromatic N) is 1. The fourth-order valence-corrected chi connectivity index (χ4v) is 2.23. The van der Waals surface area contributed by atoms with E-state index in [0.29, 0.717) is 24.5 Å². The number of rotatable bonds is 4. The Bertz CT molecular complexity index is 684. The van der Waals surface area contributed by atoms with Crippen LogP contribution in [0.5, 0.6) is 23.0 Å². The van der Waals surface area contributed by atoms with Crippen LogP contribution in [-0.2, 0) is 0 Å². The SMILES string of the molecule is COc1cccc(C=NC[C@@H]2COc3ccccc3O2)c1O. The molecule has 0 aliphatic carbocycles. The van der Waals surface area contributed by atoms with Gasteiger partial charge in [0.05, 0.1) is 13.7 Å². The van der Waals surface area contributed by atoms with Crippen molar-refractivity contribution < 1.29 is 19.3 Å². The maximum absolute atomic E-state index is 9.98. The molecule has 0 amide bonds. The molecule has 0 saturated heterocycles. The van der Waals surface area contributed by atoms with Gasteiger partial charge in [-0.1, -0.05) is 18.2 Å². The third-order valence-electron chi connectivity index (χ3n) is 3.36. The fraction of sp³-hybridized carbons (Fsp3) is 0.235. The van der Waals surface area contributed by atoms with Gasteiger partial charge in [-0.3, -0.25) is 4.99 Å². The summed E-state index contributed by atoms with van der Waals surface area (Å²) in [5, 5.41) is 9.98. The van der Waals surface area contributed by atoms with Gasteiger partial charge in [-0.2, -0.15) is 0 Å². The maximum Gasteiger partial charge on any atom is 0.166 e. The van der Waals surface area contributed by atoms with E-state index in [2.05, 4.69) is 4.99 Å². The van der Waals surface area contributed by atoms with E-state index >= 15 is 0 Å². The number of aliphatic imine (C=N–C) groups is 1. The van der Waals surface area contributed by atoms with Crippen molar-refractivity contribution in [2.45, 2.75) is 6.10 Å². The number of hydrogen-bond donors (Lipinski definition) is 1. The fourth-order valence-electron chi connectivity index (χ4n) is 2.23. The van der Waals surface area contributed by atoms with Crippen LogP contribution >= 0.6 is 0 Å². The summed E-state index contributed by atoms with van der Waals surface area (Å²) in [5.74, 6) is 2.00. The molecule has 0 unspecified atom stereocenters. The number of hydrogen-bond acceptors (Lipinski definition) is 5. The summed E-state index contributed by atoms with van der Waals surface area (Å²) >= 11 is 0. The molecule has 1 heterocycles. The van der Waals surface area contributed by atoms with E-state index in [4.69, 9.17) is 14.2 Å². The molecule has 114 valence electrons. The van der Waals surface area contributed by atoms with E-state index in [1.165, 1.54) is 7.11 Å². The summed E-state index contributed by atoms with van der Waals surface area (Å²) in [7, 11) is 1.51. The molecule has 1 aliphatic rings. The Morgan fingerprint density at radius 3 is 2.86 bits per heavy atom. The van der Waals surface area contributed by atoms with Crippen molar-refractivity contribution >= 4 is 6.21 Å². The van der Waals surface area contributed by atoms with Gasteiger partial charge in [0.2, 0.25) is 0 Å². The van der Waals surface area contributed by atoms with Gasteiger partial charge in [0.25, 0.3) is 0 Å². The van der Waals surface area contributed by atoms with E-state index < -0.39 is 0 Å². The molecule has 5 nitrogen and oxygen atoms in total. The lowest BCUT2D eigenvalue weighted by molar-refractivity contribution is 0.0973. The Morgan fingerprint density at radius 2 is 2.05 bits per heavy atom. The van der Waals surface area contributed by atoms with E-state index in [0.717, 1.165) is 11.5 Å². The molecule has 5 heteroatoms. The van der Waals surface area contributed by atoms with Gasteiger partial charge in [-0.15, -0.1) is 0 Å². The molecular formula is C17H17NO4. The van der Waals surface area contributed by atoms with Gasteiger partial charge >= 0.3 is 0 Å². The topological polar surface area (TPSA) is 60.3 Å². The average Bonchev–Trinajstić information content (AvgIpc) is 2.56. The van der Waals surface area contributed by atoms with E-state index in [1.807, 2.05) is 24.3 Å². The van der Waals surface area contributed by atoms with Crippen molar-refractivity contribution in [2.24, 2.45) is 4.99 Å². The summed E-state index contributed by atoms with van der Waals surface area (Å²) in [4.78, 5) is 4.33. The first-order valence-corrected chi connectivity index (χ1v) is 7.02. The number of phenols is 1. The lowest BCUT2D eigenvalue weighted by Crippen LogP contribution is -2.31. The molecule has 1 N–H and O–H groups in total. The van der Waals surface area contributed by atoms with Crippen LogP contribution in [0.25, 0.3) is 0 Å². The van der Waals surface area contributed by atoms with Crippen molar-refractivity contribution in [1.29, 1.82) is 0 Å². The molecule has 0 fully saturated rings. The van der Waals surface area contributed by atoms with Crippen molar-refractivity contribution in [1.82, 2.24) is 0 Å².